The van der Waals surface area contributed by atoms with Crippen LogP contribution in [0.5, 0.6) is 5.75 Å². The largest absolute Gasteiger partial charge is 0.496 e. The summed E-state index contributed by atoms with van der Waals surface area (Å²) in [6.45, 7) is 2.85. The molecule has 1 atom stereocenters. The molecular weight excluding hydrogens is 378 g/mol. The van der Waals surface area contributed by atoms with E-state index >= 15 is 0 Å². The van der Waals surface area contributed by atoms with Gasteiger partial charge in [0.1, 0.15) is 5.75 Å². The van der Waals surface area contributed by atoms with Crippen molar-refractivity contribution in [2.45, 2.75) is 32.6 Å². The summed E-state index contributed by atoms with van der Waals surface area (Å²) >= 11 is 1.35. The summed E-state index contributed by atoms with van der Waals surface area (Å²) in [4.78, 5) is 29.6. The number of carbonyl (C=O) groups is 2. The van der Waals surface area contributed by atoms with Crippen LogP contribution in [0.1, 0.15) is 31.7 Å². The lowest BCUT2D eigenvalue weighted by Crippen LogP contribution is -2.43. The Balaban J connectivity index is 1.73. The number of carboxylic acid groups (broad SMARTS) is 1. The van der Waals surface area contributed by atoms with Crippen LogP contribution in [0.2, 0.25) is 0 Å². The van der Waals surface area contributed by atoms with E-state index in [-0.39, 0.29) is 18.4 Å². The third-order valence-electron chi connectivity index (χ3n) is 4.88. The molecule has 1 aliphatic heterocycles. The van der Waals surface area contributed by atoms with Gasteiger partial charge < -0.3 is 20.1 Å². The molecule has 1 aromatic heterocycles. The zero-order valence-electron chi connectivity index (χ0n) is 16.1. The number of amides is 2. The quantitative estimate of drug-likeness (QED) is 0.758. The number of methoxy groups -OCH3 is 1. The number of thiazole rings is 1. The van der Waals surface area contributed by atoms with Crippen molar-refractivity contribution in [2.24, 2.45) is 5.92 Å². The Bertz CT molecular complexity index is 852. The van der Waals surface area contributed by atoms with Crippen molar-refractivity contribution in [1.29, 1.82) is 0 Å². The first-order valence-electron chi connectivity index (χ1n) is 9.43. The van der Waals surface area contributed by atoms with Crippen molar-refractivity contribution in [3.05, 3.63) is 29.1 Å². The van der Waals surface area contributed by atoms with Crippen molar-refractivity contribution in [3.63, 3.8) is 0 Å². The number of benzene rings is 1. The molecular formula is C20H25N3O4S. The van der Waals surface area contributed by atoms with Gasteiger partial charge in [0, 0.05) is 24.0 Å². The first-order valence-corrected chi connectivity index (χ1v) is 10.3. The van der Waals surface area contributed by atoms with E-state index in [0.717, 1.165) is 29.8 Å². The number of carbonyl (C=O) groups excluding carboxylic acids is 1. The van der Waals surface area contributed by atoms with Crippen molar-refractivity contribution in [3.8, 4) is 17.0 Å². The lowest BCUT2D eigenvalue weighted by atomic mass is 9.97. The number of hydrogen-bond acceptors (Lipinski definition) is 5. The molecule has 1 aromatic carbocycles. The lowest BCUT2D eigenvalue weighted by molar-refractivity contribution is -0.121. The van der Waals surface area contributed by atoms with Crippen LogP contribution in [0, 0.1) is 5.92 Å². The smallest absolute Gasteiger partial charge is 0.407 e. The van der Waals surface area contributed by atoms with E-state index in [0.29, 0.717) is 24.5 Å². The Labute approximate surface area is 168 Å². The third-order valence-corrected chi connectivity index (χ3v) is 5.63. The minimum atomic E-state index is -0.979. The van der Waals surface area contributed by atoms with Gasteiger partial charge in [0.05, 0.1) is 18.7 Å². The van der Waals surface area contributed by atoms with Gasteiger partial charge in [-0.05, 0) is 37.0 Å². The Kier molecular flexibility index (Phi) is 6.51. The van der Waals surface area contributed by atoms with Gasteiger partial charge in [0.25, 0.3) is 0 Å². The van der Waals surface area contributed by atoms with Crippen LogP contribution in [0.15, 0.2) is 23.6 Å². The zero-order chi connectivity index (χ0) is 20.1. The van der Waals surface area contributed by atoms with Gasteiger partial charge in [-0.1, -0.05) is 19.4 Å². The second kappa shape index (κ2) is 9.05. The summed E-state index contributed by atoms with van der Waals surface area (Å²) in [6, 6.07) is 6.08. The summed E-state index contributed by atoms with van der Waals surface area (Å²) in [5.41, 5.74) is 2.87. The van der Waals surface area contributed by atoms with Crippen molar-refractivity contribution in [1.82, 2.24) is 9.88 Å². The van der Waals surface area contributed by atoms with Crippen molar-refractivity contribution >= 4 is 28.5 Å². The molecule has 0 spiro atoms. The lowest BCUT2D eigenvalue weighted by Gasteiger charge is -2.29. The number of ether oxygens (including phenoxy) is 1. The van der Waals surface area contributed by atoms with Gasteiger partial charge in [-0.15, -0.1) is 11.3 Å². The molecule has 0 radical (unpaired) electrons. The molecule has 2 N–H and O–H groups in total. The normalized spacial score (nSPS) is 16.6. The summed E-state index contributed by atoms with van der Waals surface area (Å²) in [5.74, 6) is 0.213. The Morgan fingerprint density at radius 2 is 2.25 bits per heavy atom. The van der Waals surface area contributed by atoms with Crippen LogP contribution >= 0.6 is 11.3 Å². The topological polar surface area (TPSA) is 91.8 Å². The van der Waals surface area contributed by atoms with Crippen molar-refractivity contribution in [2.75, 3.05) is 25.5 Å². The monoisotopic (exact) mass is 403 g/mol. The van der Waals surface area contributed by atoms with Gasteiger partial charge in [-0.25, -0.2) is 9.78 Å². The number of hydrogen-bond donors (Lipinski definition) is 2. The van der Waals surface area contributed by atoms with E-state index in [1.165, 1.54) is 21.8 Å². The van der Waals surface area contributed by atoms with Crippen LogP contribution in [0.4, 0.5) is 9.93 Å². The molecule has 2 amide bonds. The fourth-order valence-corrected chi connectivity index (χ4v) is 4.14. The summed E-state index contributed by atoms with van der Waals surface area (Å²) in [7, 11) is 1.63. The molecule has 0 bridgehead atoms. The van der Waals surface area contributed by atoms with E-state index in [1.807, 2.05) is 11.4 Å². The highest BCUT2D eigenvalue weighted by Crippen LogP contribution is 2.33. The molecule has 1 fully saturated rings. The van der Waals surface area contributed by atoms with Crippen molar-refractivity contribution < 1.29 is 19.4 Å². The average Bonchev–Trinajstić information content (AvgIpc) is 3.16. The van der Waals surface area contributed by atoms with E-state index in [4.69, 9.17) is 9.84 Å². The van der Waals surface area contributed by atoms with Crippen LogP contribution in [0.3, 0.4) is 0 Å². The van der Waals surface area contributed by atoms with Gasteiger partial charge >= 0.3 is 6.09 Å². The van der Waals surface area contributed by atoms with E-state index in [1.54, 1.807) is 7.11 Å². The fourth-order valence-electron chi connectivity index (χ4n) is 3.43. The van der Waals surface area contributed by atoms with Crippen LogP contribution in [0.25, 0.3) is 11.3 Å². The minimum Gasteiger partial charge on any atom is -0.496 e. The van der Waals surface area contributed by atoms with Crippen LogP contribution < -0.4 is 10.1 Å². The summed E-state index contributed by atoms with van der Waals surface area (Å²) in [5, 5.41) is 14.4. The SMILES string of the molecule is CCCc1ccc(OC)c(-c2csc(NC(=O)C3CCCN(C(=O)O)C3)n2)c1. The maximum absolute atomic E-state index is 12.6. The van der Waals surface area contributed by atoms with Crippen LogP contribution in [-0.4, -0.2) is 47.2 Å². The number of nitrogens with zero attached hydrogens (tertiary/aromatic N) is 2. The number of rotatable bonds is 6. The molecule has 1 saturated heterocycles. The Morgan fingerprint density at radius 3 is 2.96 bits per heavy atom. The molecule has 28 heavy (non-hydrogen) atoms. The molecule has 3 rings (SSSR count). The molecule has 2 aromatic rings. The maximum atomic E-state index is 12.6. The van der Waals surface area contributed by atoms with Crippen LogP contribution in [-0.2, 0) is 11.2 Å². The number of likely N-dealkylation sites (tertiary alicyclic amines) is 1. The molecule has 7 nitrogen and oxygen atoms in total. The predicted octanol–water partition coefficient (Wildman–Crippen LogP) is 4.10. The van der Waals surface area contributed by atoms with Gasteiger partial charge in [0.15, 0.2) is 5.13 Å². The average molecular weight is 404 g/mol. The molecule has 0 saturated carbocycles. The Hall–Kier alpha value is -2.61. The Morgan fingerprint density at radius 1 is 1.43 bits per heavy atom. The highest BCUT2D eigenvalue weighted by molar-refractivity contribution is 7.14. The summed E-state index contributed by atoms with van der Waals surface area (Å²) < 4.78 is 5.47. The summed E-state index contributed by atoms with van der Waals surface area (Å²) in [6.07, 6.45) is 2.43. The standard InChI is InChI=1S/C20H25N3O4S/c1-3-5-13-7-8-17(27-2)15(10-13)16-12-28-19(21-16)22-18(24)14-6-4-9-23(11-14)20(25)26/h7-8,10,12,14H,3-6,9,11H2,1-2H3,(H,25,26)(H,21,22,24). The molecule has 8 heteroatoms. The zero-order valence-corrected chi connectivity index (χ0v) is 16.9. The fraction of sp³-hybridized carbons (Fsp3) is 0.450. The van der Waals surface area contributed by atoms with Gasteiger partial charge in [0.2, 0.25) is 5.91 Å². The maximum Gasteiger partial charge on any atom is 0.407 e. The molecule has 150 valence electrons. The molecule has 2 heterocycles. The van der Waals surface area contributed by atoms with E-state index < -0.39 is 6.09 Å². The predicted molar refractivity (Wildman–Crippen MR) is 109 cm³/mol. The highest BCUT2D eigenvalue weighted by Gasteiger charge is 2.28. The van der Waals surface area contributed by atoms with E-state index in [9.17, 15) is 9.59 Å². The first-order chi connectivity index (χ1) is 13.5. The minimum absolute atomic E-state index is 0.182. The second-order valence-electron chi connectivity index (χ2n) is 6.88. The molecule has 1 aliphatic rings. The van der Waals surface area contributed by atoms with Gasteiger partial charge in [-0.3, -0.25) is 4.79 Å². The van der Waals surface area contributed by atoms with Gasteiger partial charge in [-0.2, -0.15) is 0 Å². The highest BCUT2D eigenvalue weighted by atomic mass is 32.1. The number of aryl methyl sites for hydroxylation is 1. The number of piperidine rings is 1. The number of anilines is 1. The third kappa shape index (κ3) is 4.62. The molecule has 0 aliphatic carbocycles. The second-order valence-corrected chi connectivity index (χ2v) is 7.74. The number of nitrogens with one attached hydrogen (secondary N) is 1. The first kappa shape index (κ1) is 20.1. The molecule has 1 unspecified atom stereocenters. The van der Waals surface area contributed by atoms with E-state index in [2.05, 4.69) is 29.4 Å². The number of aromatic nitrogens is 1.